The van der Waals surface area contributed by atoms with Gasteiger partial charge in [-0.1, -0.05) is 27.7 Å². The normalized spacial score (nSPS) is 43.2. The first kappa shape index (κ1) is 22.4. The van der Waals surface area contributed by atoms with E-state index in [1.165, 1.54) is 64.2 Å². The molecule has 2 aliphatic carbocycles. The summed E-state index contributed by atoms with van der Waals surface area (Å²) in [4.78, 5) is 0. The van der Waals surface area contributed by atoms with Crippen molar-refractivity contribution in [2.75, 3.05) is 12.3 Å². The molecule has 3 unspecified atom stereocenters. The minimum Gasteiger partial charge on any atom is -0.118 e. The Morgan fingerprint density at radius 2 is 1.30 bits per heavy atom. The fraction of sp³-hybridized carbons (Fsp3) is 1.00. The zero-order chi connectivity index (χ0) is 19.9. The molecule has 0 aromatic heterocycles. The molecule has 0 amide bonds. The Kier molecular flexibility index (Phi) is 7.02. The second-order valence-electron chi connectivity index (χ2n) is 11.7. The quantitative estimate of drug-likeness (QED) is 0.319. The Morgan fingerprint density at radius 3 is 1.78 bits per heavy atom. The number of hydrogen-bond donors (Lipinski definition) is 0. The van der Waals surface area contributed by atoms with Crippen LogP contribution in [0.1, 0.15) is 106 Å². The molecule has 1 aliphatic heterocycles. The van der Waals surface area contributed by atoms with Crippen molar-refractivity contribution in [1.82, 2.24) is 0 Å². The topological polar surface area (TPSA) is 0 Å². The number of hydrogen-bond acceptors (Lipinski definition) is 0. The average molecular weight is 414 g/mol. The van der Waals surface area contributed by atoms with Crippen LogP contribution in [-0.2, 0) is 0 Å². The molecule has 1 heterocycles. The van der Waals surface area contributed by atoms with E-state index in [4.69, 9.17) is 11.6 Å². The predicted octanol–water partition coefficient (Wildman–Crippen LogP) is 8.62. The number of rotatable bonds is 4. The third-order valence-corrected chi connectivity index (χ3v) is 17.8. The van der Waals surface area contributed by atoms with E-state index in [0.29, 0.717) is 15.7 Å². The fourth-order valence-corrected chi connectivity index (χ4v) is 15.7. The third kappa shape index (κ3) is 3.90. The largest absolute Gasteiger partial charge is 0.118 e. The third-order valence-electron chi connectivity index (χ3n) is 9.79. The highest BCUT2D eigenvalue weighted by atomic mass is 35.5. The summed E-state index contributed by atoms with van der Waals surface area (Å²) in [6.07, 6.45) is 17.7. The van der Waals surface area contributed by atoms with Crippen LogP contribution >= 0.6 is 18.9 Å². The Hall–Kier alpha value is 0.720. The molecule has 0 bridgehead atoms. The molecule has 1 saturated heterocycles. The molecule has 2 saturated carbocycles. The lowest BCUT2D eigenvalue weighted by Crippen LogP contribution is -2.53. The van der Waals surface area contributed by atoms with E-state index in [1.807, 2.05) is 0 Å². The van der Waals surface area contributed by atoms with Gasteiger partial charge in [0.2, 0.25) is 0 Å². The molecule has 3 atom stereocenters. The van der Waals surface area contributed by atoms with Crippen LogP contribution in [0.2, 0.25) is 0 Å². The second-order valence-corrected chi connectivity index (χ2v) is 17.1. The van der Waals surface area contributed by atoms with Crippen molar-refractivity contribution in [2.45, 2.75) is 121 Å². The van der Waals surface area contributed by atoms with E-state index in [0.717, 1.165) is 23.7 Å². The minimum absolute atomic E-state index is 0.421. The van der Waals surface area contributed by atoms with Crippen molar-refractivity contribution in [3.63, 3.8) is 0 Å². The molecule has 0 aromatic carbocycles. The Bertz CT molecular complexity index is 485. The average Bonchev–Trinajstić information content (AvgIpc) is 2.64. The molecule has 2 heteroatoms. The van der Waals surface area contributed by atoms with Crippen LogP contribution in [-0.4, -0.2) is 28.0 Å². The predicted molar refractivity (Wildman–Crippen MR) is 126 cm³/mol. The zero-order valence-electron chi connectivity index (χ0n) is 19.2. The highest BCUT2D eigenvalue weighted by Gasteiger charge is 2.68. The van der Waals surface area contributed by atoms with Crippen LogP contribution in [0.3, 0.4) is 0 Å². The summed E-state index contributed by atoms with van der Waals surface area (Å²) in [6, 6.07) is 0. The summed E-state index contributed by atoms with van der Waals surface area (Å²) >= 11 is 7.37. The van der Waals surface area contributed by atoms with E-state index >= 15 is 0 Å². The number of alkyl halides is 1. The summed E-state index contributed by atoms with van der Waals surface area (Å²) in [7, 11) is -1.07. The van der Waals surface area contributed by atoms with Gasteiger partial charge in [0.05, 0.1) is 28.0 Å². The van der Waals surface area contributed by atoms with E-state index < -0.39 is 7.26 Å². The molecular weight excluding hydrogens is 367 g/mol. The Balaban J connectivity index is 1.89. The van der Waals surface area contributed by atoms with Crippen molar-refractivity contribution in [3.05, 3.63) is 0 Å². The van der Waals surface area contributed by atoms with Gasteiger partial charge in [-0.05, 0) is 102 Å². The van der Waals surface area contributed by atoms with E-state index in [1.54, 1.807) is 12.3 Å². The Morgan fingerprint density at radius 1 is 0.778 bits per heavy atom. The van der Waals surface area contributed by atoms with Gasteiger partial charge in [0.25, 0.3) is 0 Å². The van der Waals surface area contributed by atoms with Crippen LogP contribution in [0.4, 0.5) is 0 Å². The summed E-state index contributed by atoms with van der Waals surface area (Å²) in [5, 5.41) is 1.48. The van der Waals surface area contributed by atoms with Gasteiger partial charge in [0, 0.05) is 7.26 Å². The monoisotopic (exact) mass is 413 g/mol. The van der Waals surface area contributed by atoms with Crippen LogP contribution in [0, 0.1) is 23.7 Å². The lowest BCUT2D eigenvalue weighted by Gasteiger charge is -2.59. The molecule has 3 aliphatic rings. The molecule has 3 fully saturated rings. The minimum atomic E-state index is -1.07. The molecule has 0 radical (unpaired) electrons. The van der Waals surface area contributed by atoms with Gasteiger partial charge in [-0.15, -0.1) is 11.6 Å². The van der Waals surface area contributed by atoms with Gasteiger partial charge in [-0.3, -0.25) is 0 Å². The Labute approximate surface area is 176 Å². The van der Waals surface area contributed by atoms with Crippen LogP contribution in [0.25, 0.3) is 0 Å². The molecule has 3 rings (SSSR count). The smallest absolute Gasteiger partial charge is 0.0939 e. The molecular formula is C25H47ClP+. The molecule has 0 spiro atoms. The lowest BCUT2D eigenvalue weighted by atomic mass is 9.76. The molecule has 158 valence electrons. The highest BCUT2D eigenvalue weighted by molar-refractivity contribution is 7.79. The maximum atomic E-state index is 7.37. The lowest BCUT2D eigenvalue weighted by molar-refractivity contribution is 0.229. The van der Waals surface area contributed by atoms with Crippen molar-refractivity contribution < 1.29 is 0 Å². The summed E-state index contributed by atoms with van der Waals surface area (Å²) < 4.78 is 0. The SMILES string of the molecule is CC(C)C1CCC(C)([P+]2(C3(C)CCC(C(C)C)CC3Cl)CCCCC2)CC1. The van der Waals surface area contributed by atoms with E-state index in [2.05, 4.69) is 41.5 Å². The van der Waals surface area contributed by atoms with Crippen LogP contribution in [0.5, 0.6) is 0 Å². The second kappa shape index (κ2) is 8.46. The van der Waals surface area contributed by atoms with Gasteiger partial charge in [0.15, 0.2) is 0 Å². The van der Waals surface area contributed by atoms with Crippen molar-refractivity contribution in [3.8, 4) is 0 Å². The van der Waals surface area contributed by atoms with Crippen molar-refractivity contribution >= 4 is 18.9 Å². The molecule has 0 N–H and O–H groups in total. The first-order valence-electron chi connectivity index (χ1n) is 12.2. The van der Waals surface area contributed by atoms with Gasteiger partial charge in [-0.25, -0.2) is 0 Å². The highest BCUT2D eigenvalue weighted by Crippen LogP contribution is 2.84. The summed E-state index contributed by atoms with van der Waals surface area (Å²) in [5.74, 6) is 3.50. The van der Waals surface area contributed by atoms with Crippen molar-refractivity contribution in [1.29, 1.82) is 0 Å². The molecule has 0 nitrogen and oxygen atoms in total. The fourth-order valence-electron chi connectivity index (χ4n) is 7.44. The van der Waals surface area contributed by atoms with E-state index in [-0.39, 0.29) is 0 Å². The number of halogens is 1. The van der Waals surface area contributed by atoms with Gasteiger partial charge >= 0.3 is 0 Å². The summed E-state index contributed by atoms with van der Waals surface area (Å²) in [5.41, 5.74) is 0. The maximum absolute atomic E-state index is 7.37. The zero-order valence-corrected chi connectivity index (χ0v) is 20.8. The van der Waals surface area contributed by atoms with Gasteiger partial charge < -0.3 is 0 Å². The standard InChI is InChI=1S/C25H47ClP/c1-19(2)21-10-13-24(5,14-11-21)27(16-8-7-9-17-27)25(6)15-12-22(20(3)4)18-23(25)26/h19-23H,7-18H2,1-6H3/q+1. The molecule has 0 aromatic rings. The van der Waals surface area contributed by atoms with Crippen LogP contribution < -0.4 is 0 Å². The summed E-state index contributed by atoms with van der Waals surface area (Å²) in [6.45, 7) is 15.1. The van der Waals surface area contributed by atoms with Gasteiger partial charge in [0.1, 0.15) is 0 Å². The van der Waals surface area contributed by atoms with E-state index in [9.17, 15) is 0 Å². The van der Waals surface area contributed by atoms with Crippen molar-refractivity contribution in [2.24, 2.45) is 23.7 Å². The van der Waals surface area contributed by atoms with Crippen LogP contribution in [0.15, 0.2) is 0 Å². The molecule has 27 heavy (non-hydrogen) atoms. The van der Waals surface area contributed by atoms with Gasteiger partial charge in [-0.2, -0.15) is 0 Å². The first-order valence-corrected chi connectivity index (χ1v) is 14.8. The first-order chi connectivity index (χ1) is 12.7. The maximum Gasteiger partial charge on any atom is 0.0939 e.